The Morgan fingerprint density at radius 1 is 0.927 bits per heavy atom. The number of hydrogen-bond donors (Lipinski definition) is 3. The Kier molecular flexibility index (Phi) is 6.01. The molecule has 41 heavy (non-hydrogen) atoms. The van der Waals surface area contributed by atoms with Gasteiger partial charge in [0.2, 0.25) is 5.91 Å². The highest BCUT2D eigenvalue weighted by molar-refractivity contribution is 7.13. The van der Waals surface area contributed by atoms with Crippen LogP contribution in [0.5, 0.6) is 0 Å². The van der Waals surface area contributed by atoms with E-state index in [0.717, 1.165) is 16.9 Å². The molecule has 0 saturated heterocycles. The molecule has 9 nitrogen and oxygen atoms in total. The summed E-state index contributed by atoms with van der Waals surface area (Å²) in [5, 5.41) is 9.79. The van der Waals surface area contributed by atoms with Crippen molar-refractivity contribution in [3.05, 3.63) is 95.9 Å². The molecule has 6 aromatic heterocycles. The van der Waals surface area contributed by atoms with Crippen LogP contribution in [0.15, 0.2) is 79.4 Å². The van der Waals surface area contributed by atoms with Gasteiger partial charge in [0, 0.05) is 18.0 Å². The number of amides is 1. The largest absolute Gasteiger partial charge is 0.336 e. The number of carbonyl (C=O) groups is 1. The summed E-state index contributed by atoms with van der Waals surface area (Å²) in [6, 6.07) is 15.7. The Hall–Kier alpha value is -5.36. The third-order valence-electron chi connectivity index (χ3n) is 6.48. The van der Waals surface area contributed by atoms with Crippen molar-refractivity contribution in [3.63, 3.8) is 0 Å². The standard InChI is InChI=1S/C29H18F2N8OS/c30-21-7-6-20(41-21)27-26-18(8-9-33-27)36-29(37-26)28-23-19(38-39-28)14-34-25(24(23)31)16-11-17(13-32-12-16)35-22(40)10-15-4-2-1-3-5-15/h1-9,11-14H,10H2,(H,35,40)(H,36,37)(H,38,39). The lowest BCUT2D eigenvalue weighted by Gasteiger charge is -2.08. The molecule has 0 aliphatic rings. The van der Waals surface area contributed by atoms with E-state index in [1.807, 2.05) is 30.3 Å². The summed E-state index contributed by atoms with van der Waals surface area (Å²) < 4.78 is 29.8. The second kappa shape index (κ2) is 9.99. The lowest BCUT2D eigenvalue weighted by molar-refractivity contribution is -0.115. The summed E-state index contributed by atoms with van der Waals surface area (Å²) in [6.07, 6.45) is 6.24. The predicted octanol–water partition coefficient (Wildman–Crippen LogP) is 6.15. The van der Waals surface area contributed by atoms with Gasteiger partial charge >= 0.3 is 0 Å². The van der Waals surface area contributed by atoms with E-state index in [1.165, 1.54) is 24.7 Å². The van der Waals surface area contributed by atoms with Gasteiger partial charge in [0.05, 0.1) is 45.8 Å². The molecule has 0 bridgehead atoms. The highest BCUT2D eigenvalue weighted by atomic mass is 32.1. The van der Waals surface area contributed by atoms with Crippen LogP contribution in [-0.4, -0.2) is 41.0 Å². The van der Waals surface area contributed by atoms with E-state index in [4.69, 9.17) is 0 Å². The van der Waals surface area contributed by atoms with Gasteiger partial charge in [-0.1, -0.05) is 30.3 Å². The van der Waals surface area contributed by atoms with Gasteiger partial charge in [-0.2, -0.15) is 9.49 Å². The van der Waals surface area contributed by atoms with Crippen molar-refractivity contribution in [2.75, 3.05) is 5.32 Å². The lowest BCUT2D eigenvalue weighted by atomic mass is 10.1. The zero-order valence-corrected chi connectivity index (χ0v) is 21.8. The van der Waals surface area contributed by atoms with E-state index in [2.05, 4.69) is 40.4 Å². The molecule has 6 heterocycles. The lowest BCUT2D eigenvalue weighted by Crippen LogP contribution is -2.14. The number of nitrogens with one attached hydrogen (secondary N) is 3. The average Bonchev–Trinajstić information content (AvgIpc) is 3.72. The minimum atomic E-state index is -0.625. The second-order valence-electron chi connectivity index (χ2n) is 9.20. The number of H-pyrrole nitrogens is 2. The van der Waals surface area contributed by atoms with Crippen LogP contribution >= 0.6 is 11.3 Å². The Morgan fingerprint density at radius 2 is 1.80 bits per heavy atom. The van der Waals surface area contributed by atoms with Crippen molar-refractivity contribution in [1.29, 1.82) is 0 Å². The predicted molar refractivity (Wildman–Crippen MR) is 152 cm³/mol. The van der Waals surface area contributed by atoms with Crippen LogP contribution in [0.2, 0.25) is 0 Å². The fraction of sp³-hybridized carbons (Fsp3) is 0.0345. The Morgan fingerprint density at radius 3 is 2.63 bits per heavy atom. The van der Waals surface area contributed by atoms with Crippen LogP contribution in [0.25, 0.3) is 55.3 Å². The van der Waals surface area contributed by atoms with Gasteiger partial charge in [-0.25, -0.2) is 9.37 Å². The minimum absolute atomic E-state index is 0.0411. The number of nitrogens with zero attached hydrogens (tertiary/aromatic N) is 5. The van der Waals surface area contributed by atoms with Crippen molar-refractivity contribution in [2.24, 2.45) is 0 Å². The SMILES string of the molecule is O=C(Cc1ccccc1)Nc1cncc(-c2ncc3[nH]nc(-c4nc5c(-c6ccc(F)s6)nccc5[nH]4)c3c2F)c1. The van der Waals surface area contributed by atoms with Crippen LogP contribution < -0.4 is 5.32 Å². The number of pyridine rings is 3. The number of aromatic nitrogens is 7. The average molecular weight is 565 g/mol. The molecule has 12 heteroatoms. The molecule has 0 fully saturated rings. The topological polar surface area (TPSA) is 125 Å². The summed E-state index contributed by atoms with van der Waals surface area (Å²) in [5.41, 5.74) is 4.01. The molecule has 7 rings (SSSR count). The van der Waals surface area contributed by atoms with Gasteiger partial charge in [-0.15, -0.1) is 11.3 Å². The third-order valence-corrected chi connectivity index (χ3v) is 7.36. The number of halogens is 2. The quantitative estimate of drug-likeness (QED) is 0.223. The molecule has 0 aliphatic carbocycles. The van der Waals surface area contributed by atoms with E-state index < -0.39 is 5.82 Å². The number of anilines is 1. The molecule has 0 radical (unpaired) electrons. The van der Waals surface area contributed by atoms with Gasteiger partial charge in [0.1, 0.15) is 22.6 Å². The third kappa shape index (κ3) is 4.59. The van der Waals surface area contributed by atoms with Crippen molar-refractivity contribution >= 4 is 44.9 Å². The maximum absolute atomic E-state index is 16.1. The molecule has 1 amide bonds. The number of carbonyl (C=O) groups excluding carboxylic acids is 1. The molecule has 0 unspecified atom stereocenters. The first-order chi connectivity index (χ1) is 20.0. The molecule has 0 spiro atoms. The molecule has 0 saturated carbocycles. The number of benzene rings is 1. The first-order valence-corrected chi connectivity index (χ1v) is 13.3. The fourth-order valence-corrected chi connectivity index (χ4v) is 5.37. The Bertz CT molecular complexity index is 2070. The van der Waals surface area contributed by atoms with Crippen LogP contribution in [0.4, 0.5) is 14.5 Å². The molecule has 7 aromatic rings. The number of thiophene rings is 1. The molecular weight excluding hydrogens is 546 g/mol. The van der Waals surface area contributed by atoms with Crippen LogP contribution in [0.1, 0.15) is 5.56 Å². The van der Waals surface area contributed by atoms with Crippen LogP contribution in [0, 0.1) is 10.9 Å². The van der Waals surface area contributed by atoms with Crippen LogP contribution in [-0.2, 0) is 11.2 Å². The Balaban J connectivity index is 1.24. The van der Waals surface area contributed by atoms with Gasteiger partial charge < -0.3 is 10.3 Å². The first-order valence-electron chi connectivity index (χ1n) is 12.5. The van der Waals surface area contributed by atoms with E-state index in [9.17, 15) is 9.18 Å². The fourth-order valence-electron chi connectivity index (χ4n) is 4.64. The smallest absolute Gasteiger partial charge is 0.228 e. The monoisotopic (exact) mass is 564 g/mol. The molecule has 1 aromatic carbocycles. The highest BCUT2D eigenvalue weighted by Gasteiger charge is 2.22. The van der Waals surface area contributed by atoms with Crippen LogP contribution in [0.3, 0.4) is 0 Å². The molecule has 3 N–H and O–H groups in total. The maximum atomic E-state index is 16.1. The molecular formula is C29H18F2N8OS. The highest BCUT2D eigenvalue weighted by Crippen LogP contribution is 2.35. The summed E-state index contributed by atoms with van der Waals surface area (Å²) in [7, 11) is 0. The zero-order chi connectivity index (χ0) is 27.9. The normalized spacial score (nSPS) is 11.4. The molecule has 0 atom stereocenters. The Labute approximate surface area is 234 Å². The van der Waals surface area contributed by atoms with Crippen molar-refractivity contribution < 1.29 is 13.6 Å². The number of hydrogen-bond acceptors (Lipinski definition) is 7. The van der Waals surface area contributed by atoms with Gasteiger partial charge in [0.25, 0.3) is 0 Å². The summed E-state index contributed by atoms with van der Waals surface area (Å²) in [6.45, 7) is 0. The number of rotatable bonds is 6. The summed E-state index contributed by atoms with van der Waals surface area (Å²) >= 11 is 0.967. The van der Waals surface area contributed by atoms with Gasteiger partial charge in [-0.3, -0.25) is 24.8 Å². The number of aromatic amines is 2. The van der Waals surface area contributed by atoms with Gasteiger partial charge in [0.15, 0.2) is 16.8 Å². The van der Waals surface area contributed by atoms with Gasteiger partial charge in [-0.05, 0) is 29.8 Å². The second-order valence-corrected chi connectivity index (χ2v) is 10.2. The van der Waals surface area contributed by atoms with Crippen molar-refractivity contribution in [1.82, 2.24) is 35.1 Å². The maximum Gasteiger partial charge on any atom is 0.228 e. The van der Waals surface area contributed by atoms with E-state index in [0.29, 0.717) is 44.2 Å². The van der Waals surface area contributed by atoms with E-state index in [-0.39, 0.29) is 34.2 Å². The van der Waals surface area contributed by atoms with Crippen molar-refractivity contribution in [2.45, 2.75) is 6.42 Å². The van der Waals surface area contributed by atoms with Crippen molar-refractivity contribution in [3.8, 4) is 33.3 Å². The molecule has 0 aliphatic heterocycles. The van der Waals surface area contributed by atoms with E-state index >= 15 is 4.39 Å². The first kappa shape index (κ1) is 24.7. The number of imidazole rings is 1. The summed E-state index contributed by atoms with van der Waals surface area (Å²) in [4.78, 5) is 33.9. The molecule has 200 valence electrons. The number of fused-ring (bicyclic) bond motifs is 2. The zero-order valence-electron chi connectivity index (χ0n) is 21.0. The minimum Gasteiger partial charge on any atom is -0.336 e. The summed E-state index contributed by atoms with van der Waals surface area (Å²) in [5.74, 6) is -0.534. The van der Waals surface area contributed by atoms with E-state index in [1.54, 1.807) is 24.4 Å².